The fourth-order valence-corrected chi connectivity index (χ4v) is 4.30. The van der Waals surface area contributed by atoms with Gasteiger partial charge < -0.3 is 4.74 Å². The number of esters is 1. The predicted molar refractivity (Wildman–Crippen MR) is 114 cm³/mol. The number of fused-ring (bicyclic) bond motifs is 1. The standard InChI is InChI=1S/C23H20N2O3S/c1-15-7-6-10-18(11-15)12-25-14-24-21-19(22(25)26)16(2)20(29-21)23(27)28-13-17-8-4-3-5-9-17/h3-11,14H,12-13H2,1-2H3. The highest BCUT2D eigenvalue weighted by molar-refractivity contribution is 7.20. The summed E-state index contributed by atoms with van der Waals surface area (Å²) in [5, 5.41) is 0.483. The Morgan fingerprint density at radius 3 is 2.59 bits per heavy atom. The van der Waals surface area contributed by atoms with E-state index in [0.29, 0.717) is 27.2 Å². The molecule has 0 atom stereocenters. The van der Waals surface area contributed by atoms with Crippen LogP contribution >= 0.6 is 11.3 Å². The first kappa shape index (κ1) is 19.1. The number of ether oxygens (including phenoxy) is 1. The van der Waals surface area contributed by atoms with Gasteiger partial charge in [0.15, 0.2) is 0 Å². The number of carbonyl (C=O) groups is 1. The molecule has 0 radical (unpaired) electrons. The van der Waals surface area contributed by atoms with E-state index in [9.17, 15) is 9.59 Å². The fraction of sp³-hybridized carbons (Fsp3) is 0.174. The van der Waals surface area contributed by atoms with E-state index in [0.717, 1.165) is 16.7 Å². The molecular formula is C23H20N2O3S. The maximum absolute atomic E-state index is 13.0. The predicted octanol–water partition coefficient (Wildman–Crippen LogP) is 4.48. The van der Waals surface area contributed by atoms with Gasteiger partial charge in [0.1, 0.15) is 16.3 Å². The van der Waals surface area contributed by atoms with E-state index >= 15 is 0 Å². The van der Waals surface area contributed by atoms with Crippen LogP contribution in [0.1, 0.15) is 31.9 Å². The Bertz CT molecular complexity index is 1240. The van der Waals surface area contributed by atoms with Crippen molar-refractivity contribution in [3.05, 3.63) is 98.4 Å². The lowest BCUT2D eigenvalue weighted by atomic mass is 10.1. The van der Waals surface area contributed by atoms with Gasteiger partial charge in [-0.3, -0.25) is 9.36 Å². The summed E-state index contributed by atoms with van der Waals surface area (Å²) in [6.07, 6.45) is 1.54. The molecule has 5 nitrogen and oxygen atoms in total. The Morgan fingerprint density at radius 1 is 1.07 bits per heavy atom. The molecule has 4 rings (SSSR count). The van der Waals surface area contributed by atoms with Crippen molar-refractivity contribution in [2.75, 3.05) is 0 Å². The molecule has 0 bridgehead atoms. The highest BCUT2D eigenvalue weighted by Gasteiger charge is 2.20. The lowest BCUT2D eigenvalue weighted by Gasteiger charge is -2.06. The number of carbonyl (C=O) groups excluding carboxylic acids is 1. The van der Waals surface area contributed by atoms with Crippen LogP contribution in [0.4, 0.5) is 0 Å². The van der Waals surface area contributed by atoms with Crippen LogP contribution in [0.25, 0.3) is 10.2 Å². The Balaban J connectivity index is 1.62. The van der Waals surface area contributed by atoms with Crippen molar-refractivity contribution in [1.82, 2.24) is 9.55 Å². The average Bonchev–Trinajstić information content (AvgIpc) is 3.06. The summed E-state index contributed by atoms with van der Waals surface area (Å²) >= 11 is 1.20. The van der Waals surface area contributed by atoms with Crippen LogP contribution in [-0.2, 0) is 17.9 Å². The second-order valence-corrected chi connectivity index (χ2v) is 7.96. The monoisotopic (exact) mass is 404 g/mol. The summed E-state index contributed by atoms with van der Waals surface area (Å²) < 4.78 is 7.02. The largest absolute Gasteiger partial charge is 0.457 e. The summed E-state index contributed by atoms with van der Waals surface area (Å²) in [4.78, 5) is 31.0. The first-order valence-electron chi connectivity index (χ1n) is 9.28. The smallest absolute Gasteiger partial charge is 0.349 e. The van der Waals surface area contributed by atoms with Gasteiger partial charge in [0.05, 0.1) is 18.3 Å². The van der Waals surface area contributed by atoms with Gasteiger partial charge in [0.25, 0.3) is 5.56 Å². The normalized spacial score (nSPS) is 11.0. The fourth-order valence-electron chi connectivity index (χ4n) is 3.26. The van der Waals surface area contributed by atoms with Crippen molar-refractivity contribution >= 4 is 27.5 Å². The van der Waals surface area contributed by atoms with E-state index in [4.69, 9.17) is 4.74 Å². The average molecular weight is 404 g/mol. The van der Waals surface area contributed by atoms with Crippen molar-refractivity contribution in [1.29, 1.82) is 0 Å². The lowest BCUT2D eigenvalue weighted by Crippen LogP contribution is -2.21. The first-order valence-corrected chi connectivity index (χ1v) is 10.1. The molecule has 0 saturated carbocycles. The van der Waals surface area contributed by atoms with Gasteiger partial charge >= 0.3 is 5.97 Å². The molecule has 0 saturated heterocycles. The van der Waals surface area contributed by atoms with Gasteiger partial charge in [-0.1, -0.05) is 60.2 Å². The Labute approximate surface area is 172 Å². The zero-order chi connectivity index (χ0) is 20.4. The zero-order valence-corrected chi connectivity index (χ0v) is 17.0. The quantitative estimate of drug-likeness (QED) is 0.460. The van der Waals surface area contributed by atoms with Crippen LogP contribution in [0, 0.1) is 13.8 Å². The molecule has 6 heteroatoms. The third-order valence-corrected chi connectivity index (χ3v) is 5.93. The van der Waals surface area contributed by atoms with Gasteiger partial charge in [0, 0.05) is 0 Å². The highest BCUT2D eigenvalue weighted by Crippen LogP contribution is 2.27. The van der Waals surface area contributed by atoms with E-state index in [-0.39, 0.29) is 12.2 Å². The summed E-state index contributed by atoms with van der Waals surface area (Å²) in [7, 11) is 0. The minimum absolute atomic E-state index is 0.146. The number of hydrogen-bond donors (Lipinski definition) is 0. The first-order chi connectivity index (χ1) is 14.0. The van der Waals surface area contributed by atoms with Crippen LogP contribution in [-0.4, -0.2) is 15.5 Å². The second-order valence-electron chi connectivity index (χ2n) is 6.96. The number of hydrogen-bond acceptors (Lipinski definition) is 5. The van der Waals surface area contributed by atoms with Crippen LogP contribution in [0.15, 0.2) is 65.7 Å². The number of thiophene rings is 1. The van der Waals surface area contributed by atoms with Gasteiger partial charge in [-0.2, -0.15) is 0 Å². The molecule has 0 aliphatic rings. The highest BCUT2D eigenvalue weighted by atomic mass is 32.1. The molecule has 0 unspecified atom stereocenters. The molecular weight excluding hydrogens is 384 g/mol. The second kappa shape index (κ2) is 8.01. The van der Waals surface area contributed by atoms with Crippen LogP contribution in [0.2, 0.25) is 0 Å². The molecule has 2 aromatic heterocycles. The number of rotatable bonds is 5. The van der Waals surface area contributed by atoms with E-state index in [1.807, 2.05) is 61.5 Å². The molecule has 2 heterocycles. The molecule has 0 fully saturated rings. The summed E-state index contributed by atoms with van der Waals surface area (Å²) in [5.41, 5.74) is 3.56. The van der Waals surface area contributed by atoms with Gasteiger partial charge in [-0.25, -0.2) is 9.78 Å². The summed E-state index contributed by atoms with van der Waals surface area (Å²) in [5.74, 6) is -0.431. The molecule has 2 aromatic carbocycles. The van der Waals surface area contributed by atoms with E-state index < -0.39 is 5.97 Å². The van der Waals surface area contributed by atoms with Crippen molar-refractivity contribution in [2.24, 2.45) is 0 Å². The van der Waals surface area contributed by atoms with Crippen molar-refractivity contribution in [3.8, 4) is 0 Å². The van der Waals surface area contributed by atoms with Crippen molar-refractivity contribution in [3.63, 3.8) is 0 Å². The molecule has 0 amide bonds. The topological polar surface area (TPSA) is 61.2 Å². The Hall–Kier alpha value is -3.25. The molecule has 4 aromatic rings. The van der Waals surface area contributed by atoms with Crippen LogP contribution < -0.4 is 5.56 Å². The number of benzene rings is 2. The van der Waals surface area contributed by atoms with Gasteiger partial charge in [-0.15, -0.1) is 11.3 Å². The third-order valence-electron chi connectivity index (χ3n) is 4.75. The van der Waals surface area contributed by atoms with Crippen molar-refractivity contribution < 1.29 is 9.53 Å². The molecule has 0 N–H and O–H groups in total. The van der Waals surface area contributed by atoms with E-state index in [2.05, 4.69) is 4.98 Å². The number of aryl methyl sites for hydroxylation is 2. The Morgan fingerprint density at radius 2 is 1.83 bits per heavy atom. The molecule has 0 aliphatic carbocycles. The number of nitrogens with zero attached hydrogens (tertiary/aromatic N) is 2. The van der Waals surface area contributed by atoms with E-state index in [1.165, 1.54) is 11.3 Å². The SMILES string of the molecule is Cc1cccc(Cn2cnc3sc(C(=O)OCc4ccccc4)c(C)c3c2=O)c1. The zero-order valence-electron chi connectivity index (χ0n) is 16.2. The maximum atomic E-state index is 13.0. The minimum Gasteiger partial charge on any atom is -0.457 e. The summed E-state index contributed by atoms with van der Waals surface area (Å²) in [6.45, 7) is 4.42. The maximum Gasteiger partial charge on any atom is 0.349 e. The summed E-state index contributed by atoms with van der Waals surface area (Å²) in [6, 6.07) is 17.5. The van der Waals surface area contributed by atoms with E-state index in [1.54, 1.807) is 17.8 Å². The molecule has 0 spiro atoms. The third kappa shape index (κ3) is 3.98. The number of aromatic nitrogens is 2. The van der Waals surface area contributed by atoms with Crippen molar-refractivity contribution in [2.45, 2.75) is 27.0 Å². The Kier molecular flexibility index (Phi) is 5.27. The van der Waals surface area contributed by atoms with Crippen LogP contribution in [0.5, 0.6) is 0 Å². The lowest BCUT2D eigenvalue weighted by molar-refractivity contribution is 0.0478. The minimum atomic E-state index is -0.431. The van der Waals surface area contributed by atoms with Crippen LogP contribution in [0.3, 0.4) is 0 Å². The van der Waals surface area contributed by atoms with Gasteiger partial charge in [-0.05, 0) is 30.5 Å². The molecule has 29 heavy (non-hydrogen) atoms. The van der Waals surface area contributed by atoms with Gasteiger partial charge in [0.2, 0.25) is 0 Å². The molecule has 146 valence electrons. The molecule has 0 aliphatic heterocycles.